The molecule has 0 heterocycles. The summed E-state index contributed by atoms with van der Waals surface area (Å²) in [6.45, 7) is 3.98. The van der Waals surface area contributed by atoms with Gasteiger partial charge in [-0.25, -0.2) is 0 Å². The first-order valence-electron chi connectivity index (χ1n) is 5.84. The van der Waals surface area contributed by atoms with Gasteiger partial charge in [0.15, 0.2) is 0 Å². The fraction of sp³-hybridized carbons (Fsp3) is 0.333. The van der Waals surface area contributed by atoms with Gasteiger partial charge in [0, 0.05) is 0 Å². The molecule has 0 saturated carbocycles. The molecule has 84 valence electrons. The summed E-state index contributed by atoms with van der Waals surface area (Å²) in [7, 11) is 0. The van der Waals surface area contributed by atoms with E-state index >= 15 is 0 Å². The van der Waals surface area contributed by atoms with Crippen molar-refractivity contribution in [2.24, 2.45) is 0 Å². The number of benzene rings is 2. The maximum Gasteiger partial charge on any atom is 0.0515 e. The molecule has 0 spiro atoms. The maximum atomic E-state index is 9.34. The number of aliphatic hydroxyl groups excluding tert-OH is 1. The van der Waals surface area contributed by atoms with Crippen molar-refractivity contribution in [3.8, 4) is 0 Å². The Morgan fingerprint density at radius 3 is 2.44 bits per heavy atom. The van der Waals surface area contributed by atoms with Crippen molar-refractivity contribution in [2.75, 3.05) is 0 Å². The molecule has 16 heavy (non-hydrogen) atoms. The lowest BCUT2D eigenvalue weighted by molar-refractivity contribution is 0.185. The van der Waals surface area contributed by atoms with Gasteiger partial charge in [-0.05, 0) is 48.6 Å². The van der Waals surface area contributed by atoms with Gasteiger partial charge in [-0.2, -0.15) is 0 Å². The minimum atomic E-state index is -0.222. The Balaban J connectivity index is 2.42. The van der Waals surface area contributed by atoms with Gasteiger partial charge in [-0.3, -0.25) is 0 Å². The van der Waals surface area contributed by atoms with Crippen LogP contribution in [-0.4, -0.2) is 11.2 Å². The minimum Gasteiger partial charge on any atom is -0.393 e. The largest absolute Gasteiger partial charge is 0.393 e. The zero-order valence-electron chi connectivity index (χ0n) is 9.90. The van der Waals surface area contributed by atoms with Crippen molar-refractivity contribution in [3.05, 3.63) is 47.5 Å². The average molecular weight is 214 g/mol. The number of aliphatic hydroxyl groups is 1. The number of hydrogen-bond donors (Lipinski definition) is 1. The van der Waals surface area contributed by atoms with Crippen molar-refractivity contribution >= 4 is 10.8 Å². The van der Waals surface area contributed by atoms with Gasteiger partial charge >= 0.3 is 0 Å². The molecule has 0 radical (unpaired) electrons. The Kier molecular flexibility index (Phi) is 3.25. The Labute approximate surface area is 96.7 Å². The summed E-state index contributed by atoms with van der Waals surface area (Å²) in [5.41, 5.74) is 2.65. The minimum absolute atomic E-state index is 0.222. The molecule has 1 nitrogen and oxygen atoms in total. The van der Waals surface area contributed by atoms with E-state index in [2.05, 4.69) is 43.3 Å². The topological polar surface area (TPSA) is 20.2 Å². The SMILES string of the molecule is Cc1ccc(CC[C@@H](C)O)c2ccccc12. The summed E-state index contributed by atoms with van der Waals surface area (Å²) in [5, 5.41) is 12.0. The van der Waals surface area contributed by atoms with E-state index in [0.29, 0.717) is 0 Å². The molecule has 0 amide bonds. The fourth-order valence-electron chi connectivity index (χ4n) is 2.09. The summed E-state index contributed by atoms with van der Waals surface area (Å²) >= 11 is 0. The van der Waals surface area contributed by atoms with Gasteiger partial charge in [0.2, 0.25) is 0 Å². The van der Waals surface area contributed by atoms with Crippen LogP contribution < -0.4 is 0 Å². The van der Waals surface area contributed by atoms with Crippen LogP contribution in [0.3, 0.4) is 0 Å². The highest BCUT2D eigenvalue weighted by Gasteiger charge is 2.04. The van der Waals surface area contributed by atoms with E-state index in [1.165, 1.54) is 21.9 Å². The molecule has 0 fully saturated rings. The zero-order valence-corrected chi connectivity index (χ0v) is 9.90. The average Bonchev–Trinajstić information content (AvgIpc) is 2.28. The Morgan fingerprint density at radius 2 is 1.75 bits per heavy atom. The highest BCUT2D eigenvalue weighted by Crippen LogP contribution is 2.23. The Morgan fingerprint density at radius 1 is 1.06 bits per heavy atom. The number of rotatable bonds is 3. The Hall–Kier alpha value is -1.34. The van der Waals surface area contributed by atoms with Gasteiger partial charge in [0.25, 0.3) is 0 Å². The summed E-state index contributed by atoms with van der Waals surface area (Å²) < 4.78 is 0. The molecule has 0 aliphatic heterocycles. The standard InChI is InChI=1S/C15H18O/c1-11-7-9-13(10-8-12(2)16)15-6-4-3-5-14(11)15/h3-7,9,12,16H,8,10H2,1-2H3/t12-/m1/s1. The molecule has 0 aromatic heterocycles. The third kappa shape index (κ3) is 2.25. The van der Waals surface area contributed by atoms with Crippen molar-refractivity contribution in [1.82, 2.24) is 0 Å². The first-order chi connectivity index (χ1) is 7.68. The molecule has 0 aliphatic rings. The molecule has 1 N–H and O–H groups in total. The molecule has 0 unspecified atom stereocenters. The van der Waals surface area contributed by atoms with Crippen LogP contribution in [0.4, 0.5) is 0 Å². The van der Waals surface area contributed by atoms with E-state index in [9.17, 15) is 5.11 Å². The first kappa shape index (κ1) is 11.2. The van der Waals surface area contributed by atoms with Crippen molar-refractivity contribution < 1.29 is 5.11 Å². The fourth-order valence-corrected chi connectivity index (χ4v) is 2.09. The second-order valence-corrected chi connectivity index (χ2v) is 4.47. The highest BCUT2D eigenvalue weighted by molar-refractivity contribution is 5.88. The molecule has 2 aromatic carbocycles. The van der Waals surface area contributed by atoms with Crippen LogP contribution in [0, 0.1) is 6.92 Å². The second kappa shape index (κ2) is 4.67. The van der Waals surface area contributed by atoms with Crippen LogP contribution in [0.5, 0.6) is 0 Å². The molecule has 2 rings (SSSR count). The molecular formula is C15H18O. The smallest absolute Gasteiger partial charge is 0.0515 e. The molecule has 0 bridgehead atoms. The predicted molar refractivity (Wildman–Crippen MR) is 68.7 cm³/mol. The van der Waals surface area contributed by atoms with Gasteiger partial charge in [0.05, 0.1) is 6.10 Å². The molecular weight excluding hydrogens is 196 g/mol. The van der Waals surface area contributed by atoms with E-state index in [1.54, 1.807) is 0 Å². The van der Waals surface area contributed by atoms with Crippen LogP contribution in [0.2, 0.25) is 0 Å². The zero-order chi connectivity index (χ0) is 11.5. The van der Waals surface area contributed by atoms with Gasteiger partial charge in [-0.15, -0.1) is 0 Å². The predicted octanol–water partition coefficient (Wildman–Crippen LogP) is 3.46. The lowest BCUT2D eigenvalue weighted by Crippen LogP contribution is -2.01. The van der Waals surface area contributed by atoms with Crippen LogP contribution in [0.15, 0.2) is 36.4 Å². The Bertz CT molecular complexity index is 486. The van der Waals surface area contributed by atoms with Crippen molar-refractivity contribution in [2.45, 2.75) is 32.8 Å². The second-order valence-electron chi connectivity index (χ2n) is 4.47. The van der Waals surface area contributed by atoms with Gasteiger partial charge in [0.1, 0.15) is 0 Å². The number of hydrogen-bond acceptors (Lipinski definition) is 1. The van der Waals surface area contributed by atoms with Crippen molar-refractivity contribution in [3.63, 3.8) is 0 Å². The van der Waals surface area contributed by atoms with Gasteiger partial charge < -0.3 is 5.11 Å². The van der Waals surface area contributed by atoms with Crippen LogP contribution in [0.1, 0.15) is 24.5 Å². The van der Waals surface area contributed by atoms with Crippen LogP contribution in [0.25, 0.3) is 10.8 Å². The highest BCUT2D eigenvalue weighted by atomic mass is 16.3. The maximum absolute atomic E-state index is 9.34. The monoisotopic (exact) mass is 214 g/mol. The number of aryl methyl sites for hydroxylation is 2. The normalized spacial score (nSPS) is 12.9. The van der Waals surface area contributed by atoms with Crippen LogP contribution in [-0.2, 0) is 6.42 Å². The van der Waals surface area contributed by atoms with Gasteiger partial charge in [-0.1, -0.05) is 36.4 Å². The molecule has 0 saturated heterocycles. The van der Waals surface area contributed by atoms with E-state index in [-0.39, 0.29) is 6.10 Å². The number of fused-ring (bicyclic) bond motifs is 1. The van der Waals surface area contributed by atoms with E-state index in [0.717, 1.165) is 12.8 Å². The lowest BCUT2D eigenvalue weighted by Gasteiger charge is -2.09. The summed E-state index contributed by atoms with van der Waals surface area (Å²) in [4.78, 5) is 0. The van der Waals surface area contributed by atoms with E-state index < -0.39 is 0 Å². The molecule has 2 aromatic rings. The van der Waals surface area contributed by atoms with E-state index in [1.807, 2.05) is 6.92 Å². The van der Waals surface area contributed by atoms with Crippen LogP contribution >= 0.6 is 0 Å². The quantitative estimate of drug-likeness (QED) is 0.829. The first-order valence-corrected chi connectivity index (χ1v) is 5.84. The molecule has 0 aliphatic carbocycles. The summed E-state index contributed by atoms with van der Waals surface area (Å²) in [6, 6.07) is 12.8. The molecule has 1 heteroatoms. The van der Waals surface area contributed by atoms with Crippen molar-refractivity contribution in [1.29, 1.82) is 0 Å². The summed E-state index contributed by atoms with van der Waals surface area (Å²) in [6.07, 6.45) is 1.55. The lowest BCUT2D eigenvalue weighted by atomic mass is 9.97. The third-order valence-electron chi connectivity index (χ3n) is 3.06. The summed E-state index contributed by atoms with van der Waals surface area (Å²) in [5.74, 6) is 0. The molecule has 1 atom stereocenters. The van der Waals surface area contributed by atoms with E-state index in [4.69, 9.17) is 0 Å². The third-order valence-corrected chi connectivity index (χ3v) is 3.06.